The molecule has 0 atom stereocenters. The van der Waals surface area contributed by atoms with E-state index in [2.05, 4.69) is 17.4 Å². The summed E-state index contributed by atoms with van der Waals surface area (Å²) in [4.78, 5) is 12.7. The fourth-order valence-electron chi connectivity index (χ4n) is 3.85. The van der Waals surface area contributed by atoms with Crippen LogP contribution in [0.2, 0.25) is 0 Å². The van der Waals surface area contributed by atoms with E-state index < -0.39 is 15.7 Å². The fourth-order valence-corrected chi connectivity index (χ4v) is 5.43. The monoisotopic (exact) mass is 464 g/mol. The second kappa shape index (κ2) is 10.0. The van der Waals surface area contributed by atoms with Crippen LogP contribution in [0.4, 0.5) is 4.39 Å². The van der Waals surface area contributed by atoms with Crippen molar-refractivity contribution in [2.24, 2.45) is 0 Å². The first-order valence-corrected chi connectivity index (χ1v) is 12.4. The summed E-state index contributed by atoms with van der Waals surface area (Å²) in [6.07, 6.45) is 3.21. The summed E-state index contributed by atoms with van der Waals surface area (Å²) in [7, 11) is -3.69. The first-order valence-electron chi connectivity index (χ1n) is 10.8. The first-order chi connectivity index (χ1) is 15.9. The average Bonchev–Trinajstić information content (AvgIpc) is 3.18. The number of halogens is 1. The lowest BCUT2D eigenvalue weighted by atomic mass is 10.1. The second-order valence-electron chi connectivity index (χ2n) is 7.96. The molecule has 0 spiro atoms. The normalized spacial score (nSPS) is 11.5. The van der Waals surface area contributed by atoms with Crippen LogP contribution in [0.15, 0.2) is 90.0 Å². The number of rotatable bonds is 9. The number of para-hydroxylation sites is 1. The minimum atomic E-state index is -3.69. The molecule has 0 aliphatic rings. The van der Waals surface area contributed by atoms with Gasteiger partial charge in [-0.25, -0.2) is 12.8 Å². The summed E-state index contributed by atoms with van der Waals surface area (Å²) >= 11 is 0. The number of hydrogen-bond acceptors (Lipinski definition) is 3. The molecule has 1 aromatic heterocycles. The number of fused-ring (bicyclic) bond motifs is 1. The molecule has 1 amide bonds. The van der Waals surface area contributed by atoms with Gasteiger partial charge in [0.05, 0.1) is 10.6 Å². The molecule has 0 unspecified atom stereocenters. The maximum Gasteiger partial charge on any atom is 0.239 e. The highest BCUT2D eigenvalue weighted by Gasteiger charge is 2.22. The molecule has 7 heteroatoms. The summed E-state index contributed by atoms with van der Waals surface area (Å²) in [5.74, 6) is -0.832. The van der Waals surface area contributed by atoms with Gasteiger partial charge >= 0.3 is 0 Å². The average molecular weight is 465 g/mol. The zero-order valence-electron chi connectivity index (χ0n) is 18.1. The van der Waals surface area contributed by atoms with Crippen molar-refractivity contribution < 1.29 is 17.6 Å². The molecule has 0 aliphatic carbocycles. The van der Waals surface area contributed by atoms with E-state index in [-0.39, 0.29) is 23.1 Å². The zero-order chi connectivity index (χ0) is 23.3. The predicted molar refractivity (Wildman–Crippen MR) is 127 cm³/mol. The number of aromatic nitrogens is 1. The molecule has 170 valence electrons. The Balaban J connectivity index is 1.46. The molecule has 0 saturated heterocycles. The smallest absolute Gasteiger partial charge is 0.239 e. The maximum atomic E-state index is 13.2. The third-order valence-electron chi connectivity index (χ3n) is 5.48. The third kappa shape index (κ3) is 5.68. The van der Waals surface area contributed by atoms with Gasteiger partial charge in [0.25, 0.3) is 0 Å². The summed E-state index contributed by atoms with van der Waals surface area (Å²) < 4.78 is 41.1. The van der Waals surface area contributed by atoms with Crippen molar-refractivity contribution in [2.45, 2.75) is 30.0 Å². The van der Waals surface area contributed by atoms with E-state index in [9.17, 15) is 17.6 Å². The quantitative estimate of drug-likeness (QED) is 0.371. The summed E-state index contributed by atoms with van der Waals surface area (Å²) in [5.41, 5.74) is 2.40. The van der Waals surface area contributed by atoms with Gasteiger partial charge < -0.3 is 9.88 Å². The van der Waals surface area contributed by atoms with Crippen molar-refractivity contribution in [3.8, 4) is 0 Å². The molecular weight excluding hydrogens is 439 g/mol. The summed E-state index contributed by atoms with van der Waals surface area (Å²) in [6.45, 7) is 0.570. The molecule has 4 aromatic rings. The standard InChI is InChI=1S/C26H25FN2O3S/c27-22-14-12-21(13-15-22)19-33(31,32)25-17-29(24-11-5-4-10-23(24)25)18-26(30)28-16-6-9-20-7-2-1-3-8-20/h1-5,7-8,10-15,17H,6,9,16,18-19H2,(H,28,30). The Labute approximate surface area is 192 Å². The van der Waals surface area contributed by atoms with E-state index in [4.69, 9.17) is 0 Å². The van der Waals surface area contributed by atoms with E-state index in [1.165, 1.54) is 36.0 Å². The van der Waals surface area contributed by atoms with Crippen LogP contribution in [-0.4, -0.2) is 25.4 Å². The van der Waals surface area contributed by atoms with Gasteiger partial charge in [0.2, 0.25) is 5.91 Å². The molecule has 4 rings (SSSR count). The van der Waals surface area contributed by atoms with Crippen molar-refractivity contribution in [1.82, 2.24) is 9.88 Å². The van der Waals surface area contributed by atoms with Crippen LogP contribution >= 0.6 is 0 Å². The SMILES string of the molecule is O=C(Cn1cc(S(=O)(=O)Cc2ccc(F)cc2)c2ccccc21)NCCCc1ccccc1. The van der Waals surface area contributed by atoms with Crippen LogP contribution in [-0.2, 0) is 33.4 Å². The van der Waals surface area contributed by atoms with Crippen molar-refractivity contribution in [1.29, 1.82) is 0 Å². The Kier molecular flexibility index (Phi) is 6.89. The van der Waals surface area contributed by atoms with Crippen LogP contribution in [0.5, 0.6) is 0 Å². The number of carbonyl (C=O) groups excluding carboxylic acids is 1. The van der Waals surface area contributed by atoms with Crippen LogP contribution < -0.4 is 5.32 Å². The summed E-state index contributed by atoms with van der Waals surface area (Å²) in [5, 5.41) is 3.48. The van der Waals surface area contributed by atoms with Gasteiger partial charge in [-0.2, -0.15) is 0 Å². The molecule has 1 N–H and O–H groups in total. The first kappa shape index (κ1) is 22.7. The van der Waals surface area contributed by atoms with Gasteiger partial charge in [-0.05, 0) is 42.2 Å². The van der Waals surface area contributed by atoms with Crippen LogP contribution in [0, 0.1) is 5.82 Å². The predicted octanol–water partition coefficient (Wildman–Crippen LogP) is 4.50. The fraction of sp³-hybridized carbons (Fsp3) is 0.192. The topological polar surface area (TPSA) is 68.2 Å². The minimum Gasteiger partial charge on any atom is -0.355 e. The Bertz CT molecular complexity index is 1350. The van der Waals surface area contributed by atoms with Gasteiger partial charge in [0.15, 0.2) is 9.84 Å². The van der Waals surface area contributed by atoms with E-state index in [1.807, 2.05) is 24.3 Å². The van der Waals surface area contributed by atoms with Crippen LogP contribution in [0.3, 0.4) is 0 Å². The molecule has 1 heterocycles. The summed E-state index contributed by atoms with van der Waals surface area (Å²) in [6, 6.07) is 22.6. The molecule has 0 aliphatic heterocycles. The number of sulfone groups is 1. The number of nitrogens with one attached hydrogen (secondary N) is 1. The lowest BCUT2D eigenvalue weighted by Gasteiger charge is -2.07. The molecule has 5 nitrogen and oxygen atoms in total. The zero-order valence-corrected chi connectivity index (χ0v) is 18.9. The number of nitrogens with zero attached hydrogens (tertiary/aromatic N) is 1. The second-order valence-corrected chi connectivity index (χ2v) is 9.92. The number of benzene rings is 3. The maximum absolute atomic E-state index is 13.2. The molecule has 0 bridgehead atoms. The molecule has 3 aromatic carbocycles. The van der Waals surface area contributed by atoms with E-state index in [0.29, 0.717) is 23.0 Å². The molecule has 0 saturated carbocycles. The lowest BCUT2D eigenvalue weighted by molar-refractivity contribution is -0.121. The molecule has 0 fully saturated rings. The van der Waals surface area contributed by atoms with Gasteiger partial charge in [-0.1, -0.05) is 60.7 Å². The third-order valence-corrected chi connectivity index (χ3v) is 7.19. The van der Waals surface area contributed by atoms with E-state index >= 15 is 0 Å². The van der Waals surface area contributed by atoms with Crippen molar-refractivity contribution in [2.75, 3.05) is 6.54 Å². The highest BCUT2D eigenvalue weighted by Crippen LogP contribution is 2.28. The lowest BCUT2D eigenvalue weighted by Crippen LogP contribution is -2.28. The number of hydrogen-bond donors (Lipinski definition) is 1. The number of amides is 1. The van der Waals surface area contributed by atoms with E-state index in [1.54, 1.807) is 22.8 Å². The van der Waals surface area contributed by atoms with Crippen molar-refractivity contribution >= 4 is 26.6 Å². The number of carbonyl (C=O) groups is 1. The highest BCUT2D eigenvalue weighted by atomic mass is 32.2. The van der Waals surface area contributed by atoms with Crippen LogP contribution in [0.25, 0.3) is 10.9 Å². The Morgan fingerprint density at radius 2 is 1.58 bits per heavy atom. The van der Waals surface area contributed by atoms with Gasteiger partial charge in [0, 0.05) is 23.6 Å². The number of aryl methyl sites for hydroxylation is 1. The van der Waals surface area contributed by atoms with Gasteiger partial charge in [-0.15, -0.1) is 0 Å². The minimum absolute atomic E-state index is 0.0257. The highest BCUT2D eigenvalue weighted by molar-refractivity contribution is 7.90. The Hall–Kier alpha value is -3.45. The van der Waals surface area contributed by atoms with Crippen LogP contribution in [0.1, 0.15) is 17.5 Å². The van der Waals surface area contributed by atoms with Gasteiger partial charge in [-0.3, -0.25) is 4.79 Å². The Morgan fingerprint density at radius 3 is 2.33 bits per heavy atom. The van der Waals surface area contributed by atoms with Crippen molar-refractivity contribution in [3.63, 3.8) is 0 Å². The van der Waals surface area contributed by atoms with E-state index in [0.717, 1.165) is 12.8 Å². The molecular formula is C26H25FN2O3S. The largest absolute Gasteiger partial charge is 0.355 e. The molecule has 33 heavy (non-hydrogen) atoms. The molecule has 0 radical (unpaired) electrons. The van der Waals surface area contributed by atoms with Gasteiger partial charge in [0.1, 0.15) is 12.4 Å². The van der Waals surface area contributed by atoms with Crippen molar-refractivity contribution in [3.05, 3.63) is 102 Å². The Morgan fingerprint density at radius 1 is 0.879 bits per heavy atom.